The Bertz CT molecular complexity index is 602. The van der Waals surface area contributed by atoms with Crippen LogP contribution >= 0.6 is 0 Å². The second-order valence-corrected chi connectivity index (χ2v) is 5.46. The van der Waals surface area contributed by atoms with Crippen LogP contribution in [0.15, 0.2) is 42.6 Å². The van der Waals surface area contributed by atoms with E-state index in [0.717, 1.165) is 5.56 Å². The van der Waals surface area contributed by atoms with Gasteiger partial charge in [-0.15, -0.1) is 0 Å². The number of nitrogens with two attached hydrogens (primary N) is 1. The summed E-state index contributed by atoms with van der Waals surface area (Å²) in [7, 11) is 0. The standard InChI is InChI=1S/C17H23N3O/c1-4-19(11-14-8-6-5-7-9-14)17(21)16-10-15(18)12-20(16)13(2)3/h5-10,12-13H,4,11,18H2,1-3H3. The number of amides is 1. The SMILES string of the molecule is CCN(Cc1ccccc1)C(=O)c1cc(N)cn1C(C)C. The molecule has 112 valence electrons. The first kappa shape index (κ1) is 15.2. The van der Waals surface area contributed by atoms with Gasteiger partial charge in [0, 0.05) is 25.3 Å². The molecule has 0 fully saturated rings. The second-order valence-electron chi connectivity index (χ2n) is 5.46. The highest BCUT2D eigenvalue weighted by Crippen LogP contribution is 2.19. The monoisotopic (exact) mass is 285 g/mol. The molecule has 0 saturated heterocycles. The second kappa shape index (κ2) is 6.48. The molecule has 21 heavy (non-hydrogen) atoms. The van der Waals surface area contributed by atoms with Gasteiger partial charge in [-0.05, 0) is 32.4 Å². The molecule has 0 atom stereocenters. The van der Waals surface area contributed by atoms with Gasteiger partial charge in [-0.25, -0.2) is 0 Å². The topological polar surface area (TPSA) is 51.3 Å². The Kier molecular flexibility index (Phi) is 4.68. The van der Waals surface area contributed by atoms with Crippen molar-refractivity contribution >= 4 is 11.6 Å². The van der Waals surface area contributed by atoms with Crippen molar-refractivity contribution in [1.82, 2.24) is 9.47 Å². The fourth-order valence-corrected chi connectivity index (χ4v) is 2.39. The Morgan fingerprint density at radius 2 is 1.95 bits per heavy atom. The Morgan fingerprint density at radius 3 is 2.52 bits per heavy atom. The summed E-state index contributed by atoms with van der Waals surface area (Å²) < 4.78 is 1.94. The average molecular weight is 285 g/mol. The van der Waals surface area contributed by atoms with E-state index in [1.807, 2.05) is 66.8 Å². The summed E-state index contributed by atoms with van der Waals surface area (Å²) in [5.74, 6) is 0.0201. The first-order valence-electron chi connectivity index (χ1n) is 7.33. The van der Waals surface area contributed by atoms with Crippen molar-refractivity contribution < 1.29 is 4.79 Å². The minimum absolute atomic E-state index is 0.0201. The lowest BCUT2D eigenvalue weighted by molar-refractivity contribution is 0.0740. The van der Waals surface area contributed by atoms with Crippen LogP contribution in [-0.4, -0.2) is 21.9 Å². The lowest BCUT2D eigenvalue weighted by atomic mass is 10.2. The number of rotatable bonds is 5. The van der Waals surface area contributed by atoms with Crippen LogP contribution in [0.25, 0.3) is 0 Å². The number of hydrogen-bond donors (Lipinski definition) is 1. The molecule has 0 saturated carbocycles. The maximum atomic E-state index is 12.8. The lowest BCUT2D eigenvalue weighted by Crippen LogP contribution is -2.32. The molecule has 4 heteroatoms. The molecule has 1 amide bonds. The Hall–Kier alpha value is -2.23. The van der Waals surface area contributed by atoms with Crippen LogP contribution in [0.2, 0.25) is 0 Å². The molecular formula is C17H23N3O. The van der Waals surface area contributed by atoms with Gasteiger partial charge in [0.05, 0.1) is 5.69 Å². The highest BCUT2D eigenvalue weighted by molar-refractivity contribution is 5.93. The maximum absolute atomic E-state index is 12.8. The Balaban J connectivity index is 2.24. The quantitative estimate of drug-likeness (QED) is 0.916. The van der Waals surface area contributed by atoms with Gasteiger partial charge in [0.25, 0.3) is 5.91 Å². The third-order valence-electron chi connectivity index (χ3n) is 3.53. The van der Waals surface area contributed by atoms with Gasteiger partial charge in [-0.1, -0.05) is 30.3 Å². The molecule has 0 aliphatic rings. The average Bonchev–Trinajstić information content (AvgIpc) is 2.87. The van der Waals surface area contributed by atoms with E-state index in [9.17, 15) is 4.79 Å². The number of aromatic nitrogens is 1. The van der Waals surface area contributed by atoms with Crippen molar-refractivity contribution in [3.63, 3.8) is 0 Å². The zero-order valence-corrected chi connectivity index (χ0v) is 12.9. The lowest BCUT2D eigenvalue weighted by Gasteiger charge is -2.22. The van der Waals surface area contributed by atoms with Crippen LogP contribution in [-0.2, 0) is 6.54 Å². The largest absolute Gasteiger partial charge is 0.397 e. The Morgan fingerprint density at radius 1 is 1.29 bits per heavy atom. The van der Waals surface area contributed by atoms with Crippen LogP contribution < -0.4 is 5.73 Å². The molecule has 4 nitrogen and oxygen atoms in total. The van der Waals surface area contributed by atoms with Crippen LogP contribution in [0.5, 0.6) is 0 Å². The first-order valence-corrected chi connectivity index (χ1v) is 7.33. The van der Waals surface area contributed by atoms with E-state index in [0.29, 0.717) is 24.5 Å². The number of carbonyl (C=O) groups excluding carboxylic acids is 1. The first-order chi connectivity index (χ1) is 10.0. The van der Waals surface area contributed by atoms with Gasteiger partial charge in [0.1, 0.15) is 5.69 Å². The number of nitrogens with zero attached hydrogens (tertiary/aromatic N) is 2. The summed E-state index contributed by atoms with van der Waals surface area (Å²) in [4.78, 5) is 14.6. The molecule has 0 radical (unpaired) electrons. The van der Waals surface area contributed by atoms with Crippen LogP contribution in [0.3, 0.4) is 0 Å². The molecule has 0 aliphatic carbocycles. The van der Waals surface area contributed by atoms with Gasteiger partial charge in [0.2, 0.25) is 0 Å². The highest BCUT2D eigenvalue weighted by atomic mass is 16.2. The third kappa shape index (κ3) is 3.45. The van der Waals surface area contributed by atoms with Gasteiger partial charge >= 0.3 is 0 Å². The third-order valence-corrected chi connectivity index (χ3v) is 3.53. The predicted molar refractivity (Wildman–Crippen MR) is 86.1 cm³/mol. The number of anilines is 1. The van der Waals surface area contributed by atoms with E-state index < -0.39 is 0 Å². The van der Waals surface area contributed by atoms with Crippen LogP contribution in [0.4, 0.5) is 5.69 Å². The zero-order valence-electron chi connectivity index (χ0n) is 12.9. The van der Waals surface area contributed by atoms with E-state index >= 15 is 0 Å². The van der Waals surface area contributed by atoms with Crippen molar-refractivity contribution in [3.8, 4) is 0 Å². The van der Waals surface area contributed by atoms with E-state index in [-0.39, 0.29) is 11.9 Å². The van der Waals surface area contributed by atoms with Crippen LogP contribution in [0.1, 0.15) is 42.9 Å². The smallest absolute Gasteiger partial charge is 0.270 e. The molecule has 1 aromatic heterocycles. The molecule has 1 aromatic carbocycles. The van der Waals surface area contributed by atoms with Crippen LogP contribution in [0, 0.1) is 0 Å². The van der Waals surface area contributed by atoms with E-state index in [4.69, 9.17) is 5.73 Å². The fourth-order valence-electron chi connectivity index (χ4n) is 2.39. The molecule has 2 N–H and O–H groups in total. The van der Waals surface area contributed by atoms with E-state index in [1.54, 1.807) is 6.07 Å². The summed E-state index contributed by atoms with van der Waals surface area (Å²) in [5.41, 5.74) is 8.27. The predicted octanol–water partition coefficient (Wildman–Crippen LogP) is 3.31. The molecule has 0 aliphatic heterocycles. The summed E-state index contributed by atoms with van der Waals surface area (Å²) in [6, 6.07) is 12.0. The highest BCUT2D eigenvalue weighted by Gasteiger charge is 2.20. The summed E-state index contributed by atoms with van der Waals surface area (Å²) in [6.07, 6.45) is 1.83. The molecule has 0 unspecified atom stereocenters. The molecular weight excluding hydrogens is 262 g/mol. The molecule has 2 rings (SSSR count). The number of nitrogen functional groups attached to an aromatic ring is 1. The van der Waals surface area contributed by atoms with Crippen molar-refractivity contribution in [2.45, 2.75) is 33.4 Å². The van der Waals surface area contributed by atoms with Gasteiger partial charge < -0.3 is 15.2 Å². The fraction of sp³-hybridized carbons (Fsp3) is 0.353. The minimum Gasteiger partial charge on any atom is -0.397 e. The molecule has 1 heterocycles. The van der Waals surface area contributed by atoms with Gasteiger partial charge in [-0.2, -0.15) is 0 Å². The number of carbonyl (C=O) groups is 1. The van der Waals surface area contributed by atoms with Gasteiger partial charge in [-0.3, -0.25) is 4.79 Å². The molecule has 0 spiro atoms. The summed E-state index contributed by atoms with van der Waals surface area (Å²) >= 11 is 0. The minimum atomic E-state index is 0.0201. The van der Waals surface area contributed by atoms with Crippen molar-refractivity contribution in [2.75, 3.05) is 12.3 Å². The van der Waals surface area contributed by atoms with Crippen molar-refractivity contribution in [2.24, 2.45) is 0 Å². The van der Waals surface area contributed by atoms with E-state index in [1.165, 1.54) is 0 Å². The number of benzene rings is 1. The van der Waals surface area contributed by atoms with Crippen molar-refractivity contribution in [3.05, 3.63) is 53.9 Å². The Labute approximate surface area is 126 Å². The van der Waals surface area contributed by atoms with E-state index in [2.05, 4.69) is 0 Å². The van der Waals surface area contributed by atoms with Gasteiger partial charge in [0.15, 0.2) is 0 Å². The molecule has 2 aromatic rings. The molecule has 0 bridgehead atoms. The zero-order chi connectivity index (χ0) is 15.4. The number of hydrogen-bond acceptors (Lipinski definition) is 2. The maximum Gasteiger partial charge on any atom is 0.270 e. The normalized spacial score (nSPS) is 10.9. The summed E-state index contributed by atoms with van der Waals surface area (Å²) in [5, 5.41) is 0. The summed E-state index contributed by atoms with van der Waals surface area (Å²) in [6.45, 7) is 7.36. The van der Waals surface area contributed by atoms with Crippen molar-refractivity contribution in [1.29, 1.82) is 0 Å².